The van der Waals surface area contributed by atoms with Gasteiger partial charge in [-0.25, -0.2) is 0 Å². The molecule has 0 spiro atoms. The first-order chi connectivity index (χ1) is 15.0. The van der Waals surface area contributed by atoms with Gasteiger partial charge in [0.15, 0.2) is 0 Å². The van der Waals surface area contributed by atoms with Crippen molar-refractivity contribution < 1.29 is 0 Å². The summed E-state index contributed by atoms with van der Waals surface area (Å²) in [5, 5.41) is 0. The molecule has 0 aliphatic carbocycles. The molecule has 31 heavy (non-hydrogen) atoms. The van der Waals surface area contributed by atoms with E-state index in [0.29, 0.717) is 0 Å². The van der Waals surface area contributed by atoms with Gasteiger partial charge in [-0.15, -0.1) is 0 Å². The second-order valence-electron chi connectivity index (χ2n) is 8.37. The average molecular weight is 525 g/mol. The SMILES string of the molecule is CCc1cc(CC)c(-c2cccc(-c3c(CC)cc(CC)cc3CC)c2I)c(CC)c1. The molecular weight excluding hydrogens is 487 g/mol. The lowest BCUT2D eigenvalue weighted by Gasteiger charge is -2.21. The highest BCUT2D eigenvalue weighted by molar-refractivity contribution is 14.1. The predicted octanol–water partition coefficient (Wildman–Crippen LogP) is 9.00. The summed E-state index contributed by atoms with van der Waals surface area (Å²) in [7, 11) is 0. The van der Waals surface area contributed by atoms with Crippen LogP contribution in [0.3, 0.4) is 0 Å². The summed E-state index contributed by atoms with van der Waals surface area (Å²) in [6.45, 7) is 13.7. The molecule has 0 aliphatic rings. The third kappa shape index (κ3) is 4.77. The molecule has 1 heteroatoms. The Balaban J connectivity index is 2.31. The van der Waals surface area contributed by atoms with E-state index >= 15 is 0 Å². The number of rotatable bonds is 8. The minimum atomic E-state index is 1.07. The molecule has 0 radical (unpaired) electrons. The van der Waals surface area contributed by atoms with Crippen molar-refractivity contribution >= 4 is 22.6 Å². The number of hydrogen-bond donors (Lipinski definition) is 0. The fourth-order valence-corrected chi connectivity index (χ4v) is 5.71. The standard InChI is InChI=1S/C30H37I/c1-7-20-16-22(9-3)28(23(10-4)17-20)26-14-13-15-27(30(26)31)29-24(11-5)18-21(8-2)19-25(29)12-6/h13-19H,7-12H2,1-6H3. The molecular formula is C30H37I. The maximum Gasteiger partial charge on any atom is 0.0287 e. The van der Waals surface area contributed by atoms with E-state index in [1.54, 1.807) is 0 Å². The van der Waals surface area contributed by atoms with E-state index < -0.39 is 0 Å². The van der Waals surface area contributed by atoms with Gasteiger partial charge in [-0.05, 0) is 117 Å². The summed E-state index contributed by atoms with van der Waals surface area (Å²) >= 11 is 2.62. The van der Waals surface area contributed by atoms with Gasteiger partial charge in [-0.1, -0.05) is 84.0 Å². The van der Waals surface area contributed by atoms with Crippen LogP contribution in [0.5, 0.6) is 0 Å². The number of benzene rings is 3. The van der Waals surface area contributed by atoms with Crippen LogP contribution in [0.2, 0.25) is 0 Å². The Morgan fingerprint density at radius 3 is 1.10 bits per heavy atom. The van der Waals surface area contributed by atoms with Crippen LogP contribution in [0.1, 0.15) is 74.9 Å². The smallest absolute Gasteiger partial charge is 0.0287 e. The molecule has 0 saturated heterocycles. The van der Waals surface area contributed by atoms with Gasteiger partial charge >= 0.3 is 0 Å². The largest absolute Gasteiger partial charge is 0.0613 e. The van der Waals surface area contributed by atoms with Crippen LogP contribution in [0.15, 0.2) is 42.5 Å². The second kappa shape index (κ2) is 10.8. The number of halogens is 1. The maximum atomic E-state index is 2.62. The molecule has 0 N–H and O–H groups in total. The fourth-order valence-electron chi connectivity index (χ4n) is 4.81. The van der Waals surface area contributed by atoms with Gasteiger partial charge in [0, 0.05) is 3.57 Å². The van der Waals surface area contributed by atoms with Crippen molar-refractivity contribution in [1.29, 1.82) is 0 Å². The Morgan fingerprint density at radius 1 is 0.516 bits per heavy atom. The van der Waals surface area contributed by atoms with Gasteiger partial charge in [0.1, 0.15) is 0 Å². The normalized spacial score (nSPS) is 11.2. The quantitative estimate of drug-likeness (QED) is 0.258. The first kappa shape index (κ1) is 24.0. The first-order valence-corrected chi connectivity index (χ1v) is 13.2. The van der Waals surface area contributed by atoms with Crippen molar-refractivity contribution in [3.8, 4) is 22.3 Å². The van der Waals surface area contributed by atoms with E-state index in [-0.39, 0.29) is 0 Å². The van der Waals surface area contributed by atoms with Gasteiger partial charge in [0.2, 0.25) is 0 Å². The topological polar surface area (TPSA) is 0 Å². The van der Waals surface area contributed by atoms with Crippen LogP contribution in [-0.2, 0) is 38.5 Å². The van der Waals surface area contributed by atoms with Crippen LogP contribution in [-0.4, -0.2) is 0 Å². The average Bonchev–Trinajstić information content (AvgIpc) is 2.82. The van der Waals surface area contributed by atoms with Crippen molar-refractivity contribution in [1.82, 2.24) is 0 Å². The first-order valence-electron chi connectivity index (χ1n) is 12.1. The molecule has 3 aromatic carbocycles. The van der Waals surface area contributed by atoms with E-state index in [0.717, 1.165) is 38.5 Å². The zero-order valence-corrected chi connectivity index (χ0v) is 22.3. The highest BCUT2D eigenvalue weighted by Crippen LogP contribution is 2.40. The van der Waals surface area contributed by atoms with Gasteiger partial charge in [-0.3, -0.25) is 0 Å². The molecule has 3 aromatic rings. The summed E-state index contributed by atoms with van der Waals surface area (Å²) in [5.74, 6) is 0. The van der Waals surface area contributed by atoms with Crippen LogP contribution < -0.4 is 0 Å². The summed E-state index contributed by atoms with van der Waals surface area (Å²) in [6, 6.07) is 16.7. The lowest BCUT2D eigenvalue weighted by Crippen LogP contribution is -2.02. The van der Waals surface area contributed by atoms with E-state index in [1.165, 1.54) is 59.2 Å². The molecule has 0 atom stereocenters. The Hall–Kier alpha value is -1.61. The lowest BCUT2D eigenvalue weighted by molar-refractivity contribution is 1.04. The Labute approximate surface area is 203 Å². The lowest BCUT2D eigenvalue weighted by atomic mass is 9.85. The van der Waals surface area contributed by atoms with Crippen LogP contribution in [0.4, 0.5) is 0 Å². The molecule has 0 fully saturated rings. The summed E-state index contributed by atoms with van der Waals surface area (Å²) in [5.41, 5.74) is 14.6. The van der Waals surface area contributed by atoms with Crippen molar-refractivity contribution in [2.24, 2.45) is 0 Å². The summed E-state index contributed by atoms with van der Waals surface area (Å²) in [6.07, 6.45) is 6.48. The van der Waals surface area contributed by atoms with Gasteiger partial charge in [0.05, 0.1) is 0 Å². The van der Waals surface area contributed by atoms with Crippen LogP contribution >= 0.6 is 22.6 Å². The summed E-state index contributed by atoms with van der Waals surface area (Å²) < 4.78 is 1.39. The van der Waals surface area contributed by atoms with Gasteiger partial charge in [-0.2, -0.15) is 0 Å². The second-order valence-corrected chi connectivity index (χ2v) is 9.45. The van der Waals surface area contributed by atoms with E-state index in [2.05, 4.69) is 107 Å². The summed E-state index contributed by atoms with van der Waals surface area (Å²) in [4.78, 5) is 0. The molecule has 0 nitrogen and oxygen atoms in total. The number of hydrogen-bond acceptors (Lipinski definition) is 0. The van der Waals surface area contributed by atoms with Crippen molar-refractivity contribution in [3.05, 3.63) is 79.4 Å². The zero-order valence-electron chi connectivity index (χ0n) is 20.2. The van der Waals surface area contributed by atoms with Gasteiger partial charge < -0.3 is 0 Å². The van der Waals surface area contributed by atoms with E-state index in [9.17, 15) is 0 Å². The molecule has 0 saturated carbocycles. The highest BCUT2D eigenvalue weighted by atomic mass is 127. The van der Waals surface area contributed by atoms with Gasteiger partial charge in [0.25, 0.3) is 0 Å². The molecule has 0 aliphatic heterocycles. The van der Waals surface area contributed by atoms with Crippen molar-refractivity contribution in [3.63, 3.8) is 0 Å². The monoisotopic (exact) mass is 524 g/mol. The fraction of sp³-hybridized carbons (Fsp3) is 0.400. The Kier molecular flexibility index (Phi) is 8.38. The molecule has 0 aromatic heterocycles. The molecule has 0 heterocycles. The van der Waals surface area contributed by atoms with Crippen molar-refractivity contribution in [2.75, 3.05) is 0 Å². The predicted molar refractivity (Wildman–Crippen MR) is 146 cm³/mol. The minimum Gasteiger partial charge on any atom is -0.0613 e. The number of aryl methyl sites for hydroxylation is 6. The molecule has 164 valence electrons. The highest BCUT2D eigenvalue weighted by Gasteiger charge is 2.19. The zero-order chi connectivity index (χ0) is 22.5. The minimum absolute atomic E-state index is 1.07. The molecule has 0 unspecified atom stereocenters. The van der Waals surface area contributed by atoms with E-state index in [1.807, 2.05) is 0 Å². The van der Waals surface area contributed by atoms with E-state index in [4.69, 9.17) is 0 Å². The Bertz CT molecular complexity index is 926. The Morgan fingerprint density at radius 2 is 0.839 bits per heavy atom. The third-order valence-electron chi connectivity index (χ3n) is 6.60. The third-order valence-corrected chi connectivity index (χ3v) is 7.76. The molecule has 0 amide bonds. The molecule has 3 rings (SSSR count). The van der Waals surface area contributed by atoms with Crippen LogP contribution in [0.25, 0.3) is 22.3 Å². The molecule has 0 bridgehead atoms. The van der Waals surface area contributed by atoms with Crippen LogP contribution in [0, 0.1) is 3.57 Å². The maximum absolute atomic E-state index is 2.62. The van der Waals surface area contributed by atoms with Crippen molar-refractivity contribution in [2.45, 2.75) is 80.1 Å².